The molecule has 0 saturated heterocycles. The zero-order valence-corrected chi connectivity index (χ0v) is 10.4. The second kappa shape index (κ2) is 9.84. The molecule has 5 heteroatoms. The second-order valence-electron chi connectivity index (χ2n) is 3.43. The van der Waals surface area contributed by atoms with Crippen molar-refractivity contribution in [2.75, 3.05) is 19.8 Å². The Hall–Kier alpha value is -1.36. The lowest BCUT2D eigenvalue weighted by Gasteiger charge is -2.10. The SMILES string of the molecule is C=CC(=O)OCCC(=O)OCCOC(C)CC. The minimum atomic E-state index is -0.544. The van der Waals surface area contributed by atoms with Crippen molar-refractivity contribution in [1.29, 1.82) is 0 Å². The number of carbonyl (C=O) groups is 2. The summed E-state index contributed by atoms with van der Waals surface area (Å²) < 4.78 is 14.8. The highest BCUT2D eigenvalue weighted by molar-refractivity contribution is 5.81. The van der Waals surface area contributed by atoms with Gasteiger partial charge in [-0.15, -0.1) is 0 Å². The average Bonchev–Trinajstić information content (AvgIpc) is 2.33. The van der Waals surface area contributed by atoms with E-state index in [4.69, 9.17) is 9.47 Å². The summed E-state index contributed by atoms with van der Waals surface area (Å²) in [7, 11) is 0. The van der Waals surface area contributed by atoms with Crippen molar-refractivity contribution in [1.82, 2.24) is 0 Å². The molecule has 0 radical (unpaired) electrons. The van der Waals surface area contributed by atoms with Crippen LogP contribution in [0.5, 0.6) is 0 Å². The molecule has 0 amide bonds. The monoisotopic (exact) mass is 244 g/mol. The number of hydrogen-bond acceptors (Lipinski definition) is 5. The molecule has 0 spiro atoms. The first kappa shape index (κ1) is 15.6. The molecule has 0 aliphatic carbocycles. The van der Waals surface area contributed by atoms with Crippen LogP contribution in [0.1, 0.15) is 26.7 Å². The van der Waals surface area contributed by atoms with Gasteiger partial charge in [-0.05, 0) is 13.3 Å². The summed E-state index contributed by atoms with van der Waals surface area (Å²) in [5.74, 6) is -0.951. The summed E-state index contributed by atoms with van der Waals surface area (Å²) in [5, 5.41) is 0. The average molecular weight is 244 g/mol. The molecule has 98 valence electrons. The van der Waals surface area contributed by atoms with Crippen LogP contribution in [0.4, 0.5) is 0 Å². The van der Waals surface area contributed by atoms with Crippen LogP contribution in [0.3, 0.4) is 0 Å². The Morgan fingerprint density at radius 3 is 2.53 bits per heavy atom. The molecule has 1 unspecified atom stereocenters. The molecule has 1 atom stereocenters. The topological polar surface area (TPSA) is 61.8 Å². The van der Waals surface area contributed by atoms with Gasteiger partial charge in [0, 0.05) is 6.08 Å². The predicted molar refractivity (Wildman–Crippen MR) is 62.4 cm³/mol. The maximum Gasteiger partial charge on any atom is 0.330 e. The number of esters is 2. The Kier molecular flexibility index (Phi) is 9.05. The van der Waals surface area contributed by atoms with Crippen LogP contribution in [-0.4, -0.2) is 37.9 Å². The van der Waals surface area contributed by atoms with Gasteiger partial charge >= 0.3 is 11.9 Å². The summed E-state index contributed by atoms with van der Waals surface area (Å²) in [5.41, 5.74) is 0. The smallest absolute Gasteiger partial charge is 0.330 e. The Morgan fingerprint density at radius 1 is 1.24 bits per heavy atom. The lowest BCUT2D eigenvalue weighted by molar-refractivity contribution is -0.148. The van der Waals surface area contributed by atoms with Gasteiger partial charge in [-0.1, -0.05) is 13.5 Å². The van der Waals surface area contributed by atoms with Crippen LogP contribution in [0.2, 0.25) is 0 Å². The minimum Gasteiger partial charge on any atom is -0.463 e. The summed E-state index contributed by atoms with van der Waals surface area (Å²) in [6, 6.07) is 0. The fraction of sp³-hybridized carbons (Fsp3) is 0.667. The van der Waals surface area contributed by atoms with Crippen molar-refractivity contribution in [2.45, 2.75) is 32.8 Å². The van der Waals surface area contributed by atoms with Crippen molar-refractivity contribution in [3.8, 4) is 0 Å². The molecule has 0 saturated carbocycles. The highest BCUT2D eigenvalue weighted by Gasteiger charge is 2.05. The van der Waals surface area contributed by atoms with E-state index in [2.05, 4.69) is 11.3 Å². The Morgan fingerprint density at radius 2 is 1.94 bits per heavy atom. The summed E-state index contributed by atoms with van der Waals surface area (Å²) >= 11 is 0. The Bertz CT molecular complexity index is 249. The van der Waals surface area contributed by atoms with E-state index in [1.54, 1.807) is 0 Å². The van der Waals surface area contributed by atoms with E-state index in [-0.39, 0.29) is 25.7 Å². The second-order valence-corrected chi connectivity index (χ2v) is 3.43. The maximum atomic E-state index is 11.1. The first-order chi connectivity index (χ1) is 8.10. The third-order valence-corrected chi connectivity index (χ3v) is 2.04. The van der Waals surface area contributed by atoms with Crippen molar-refractivity contribution in [3.63, 3.8) is 0 Å². The van der Waals surface area contributed by atoms with Gasteiger partial charge in [0.05, 0.1) is 19.1 Å². The van der Waals surface area contributed by atoms with Crippen LogP contribution in [0.15, 0.2) is 12.7 Å². The van der Waals surface area contributed by atoms with Gasteiger partial charge in [-0.25, -0.2) is 4.79 Å². The van der Waals surface area contributed by atoms with E-state index in [0.717, 1.165) is 12.5 Å². The molecule has 0 bridgehead atoms. The van der Waals surface area contributed by atoms with E-state index >= 15 is 0 Å². The predicted octanol–water partition coefficient (Wildman–Crippen LogP) is 1.46. The summed E-state index contributed by atoms with van der Waals surface area (Å²) in [6.45, 7) is 7.82. The van der Waals surface area contributed by atoms with Crippen molar-refractivity contribution >= 4 is 11.9 Å². The van der Waals surface area contributed by atoms with Crippen molar-refractivity contribution < 1.29 is 23.8 Å². The standard InChI is InChI=1S/C12H20O5/c1-4-10(3)15-8-9-17-12(14)6-7-16-11(13)5-2/h5,10H,2,4,6-9H2,1,3H3. The lowest BCUT2D eigenvalue weighted by Crippen LogP contribution is -2.16. The fourth-order valence-electron chi connectivity index (χ4n) is 0.889. The normalized spacial score (nSPS) is 11.6. The Balaban J connectivity index is 3.41. The maximum absolute atomic E-state index is 11.1. The largest absolute Gasteiger partial charge is 0.463 e. The molecule has 5 nitrogen and oxygen atoms in total. The Labute approximate surface area is 102 Å². The molecule has 0 aromatic heterocycles. The molecule has 17 heavy (non-hydrogen) atoms. The van der Waals surface area contributed by atoms with Crippen LogP contribution in [-0.2, 0) is 23.8 Å². The van der Waals surface area contributed by atoms with Crippen molar-refractivity contribution in [3.05, 3.63) is 12.7 Å². The molecule has 0 fully saturated rings. The molecule has 0 aliphatic heterocycles. The van der Waals surface area contributed by atoms with Gasteiger partial charge in [0.15, 0.2) is 0 Å². The van der Waals surface area contributed by atoms with E-state index in [0.29, 0.717) is 6.61 Å². The van der Waals surface area contributed by atoms with Crippen LogP contribution < -0.4 is 0 Å². The molecule has 0 heterocycles. The number of carbonyl (C=O) groups excluding carboxylic acids is 2. The van der Waals surface area contributed by atoms with Crippen LogP contribution in [0.25, 0.3) is 0 Å². The van der Waals surface area contributed by atoms with Gasteiger partial charge in [0.2, 0.25) is 0 Å². The first-order valence-corrected chi connectivity index (χ1v) is 5.66. The third-order valence-electron chi connectivity index (χ3n) is 2.04. The molecule has 0 N–H and O–H groups in total. The van der Waals surface area contributed by atoms with Crippen LogP contribution in [0, 0.1) is 0 Å². The van der Waals surface area contributed by atoms with Gasteiger partial charge in [0.25, 0.3) is 0 Å². The van der Waals surface area contributed by atoms with Gasteiger partial charge in [0.1, 0.15) is 13.2 Å². The minimum absolute atomic E-state index is 0.00983. The molecular formula is C12H20O5. The van der Waals surface area contributed by atoms with E-state index in [1.165, 1.54) is 0 Å². The van der Waals surface area contributed by atoms with Gasteiger partial charge in [-0.3, -0.25) is 4.79 Å². The number of rotatable bonds is 9. The molecule has 0 aromatic rings. The quantitative estimate of drug-likeness (QED) is 0.349. The first-order valence-electron chi connectivity index (χ1n) is 5.66. The fourth-order valence-corrected chi connectivity index (χ4v) is 0.889. The van der Waals surface area contributed by atoms with Gasteiger partial charge in [-0.2, -0.15) is 0 Å². The number of ether oxygens (including phenoxy) is 3. The van der Waals surface area contributed by atoms with E-state index < -0.39 is 11.9 Å². The van der Waals surface area contributed by atoms with Crippen molar-refractivity contribution in [2.24, 2.45) is 0 Å². The van der Waals surface area contributed by atoms with Crippen LogP contribution >= 0.6 is 0 Å². The highest BCUT2D eigenvalue weighted by atomic mass is 16.6. The lowest BCUT2D eigenvalue weighted by atomic mass is 10.3. The molecule has 0 aromatic carbocycles. The zero-order valence-electron chi connectivity index (χ0n) is 10.4. The van der Waals surface area contributed by atoms with E-state index in [1.807, 2.05) is 13.8 Å². The molecule has 0 aliphatic rings. The van der Waals surface area contributed by atoms with Gasteiger partial charge < -0.3 is 14.2 Å². The third kappa shape index (κ3) is 9.56. The van der Waals surface area contributed by atoms with E-state index in [9.17, 15) is 9.59 Å². The number of hydrogen-bond donors (Lipinski definition) is 0. The highest BCUT2D eigenvalue weighted by Crippen LogP contribution is 1.96. The summed E-state index contributed by atoms with van der Waals surface area (Å²) in [4.78, 5) is 21.8. The molecular weight excluding hydrogens is 224 g/mol. The molecule has 0 rings (SSSR count). The summed E-state index contributed by atoms with van der Waals surface area (Å²) in [6.07, 6.45) is 2.18. The zero-order chi connectivity index (χ0) is 13.1.